The molecule has 1 aliphatic rings. The van der Waals surface area contributed by atoms with Crippen LogP contribution in [0.5, 0.6) is 0 Å². The highest BCUT2D eigenvalue weighted by atomic mass is 16.2. The average molecular weight is 377 g/mol. The summed E-state index contributed by atoms with van der Waals surface area (Å²) in [6.45, 7) is 4.92. The predicted octanol–water partition coefficient (Wildman–Crippen LogP) is 2.33. The van der Waals surface area contributed by atoms with E-state index in [0.29, 0.717) is 30.3 Å². The van der Waals surface area contributed by atoms with Crippen molar-refractivity contribution in [3.05, 3.63) is 53.6 Å². The fraction of sp³-hybridized carbons (Fsp3) is 0.350. The first-order valence-corrected chi connectivity index (χ1v) is 9.25. The minimum atomic E-state index is -0.0785. The van der Waals surface area contributed by atoms with Gasteiger partial charge in [-0.3, -0.25) is 4.79 Å². The van der Waals surface area contributed by atoms with Gasteiger partial charge in [-0.25, -0.2) is 9.97 Å². The molecule has 3 aromatic rings. The van der Waals surface area contributed by atoms with Crippen LogP contribution >= 0.6 is 0 Å². The lowest BCUT2D eigenvalue weighted by Crippen LogP contribution is -2.41. The van der Waals surface area contributed by atoms with Crippen molar-refractivity contribution < 1.29 is 4.79 Å². The summed E-state index contributed by atoms with van der Waals surface area (Å²) in [4.78, 5) is 25.4. The molecule has 0 aliphatic carbocycles. The number of carbonyl (C=O) groups is 1. The quantitative estimate of drug-likeness (QED) is 0.697. The summed E-state index contributed by atoms with van der Waals surface area (Å²) in [5.74, 6) is 2.14. The van der Waals surface area contributed by atoms with Crippen molar-refractivity contribution in [2.24, 2.45) is 0 Å². The molecule has 0 saturated heterocycles. The van der Waals surface area contributed by atoms with Crippen molar-refractivity contribution in [1.29, 1.82) is 0 Å². The number of nitrogens with zero attached hydrogens (tertiary/aromatic N) is 7. The monoisotopic (exact) mass is 377 g/mol. The number of amides is 1. The molecule has 1 atom stereocenters. The van der Waals surface area contributed by atoms with Crippen LogP contribution in [0.4, 0.5) is 5.95 Å². The van der Waals surface area contributed by atoms with E-state index in [4.69, 9.17) is 0 Å². The maximum Gasteiger partial charge on any atom is 0.257 e. The molecule has 4 rings (SSSR count). The van der Waals surface area contributed by atoms with E-state index in [0.717, 1.165) is 17.2 Å². The Bertz CT molecular complexity index is 1010. The molecule has 1 aromatic carbocycles. The van der Waals surface area contributed by atoms with Crippen LogP contribution in [0, 0.1) is 6.92 Å². The van der Waals surface area contributed by atoms with Gasteiger partial charge in [0.15, 0.2) is 11.6 Å². The van der Waals surface area contributed by atoms with E-state index in [9.17, 15) is 4.79 Å². The summed E-state index contributed by atoms with van der Waals surface area (Å²) in [6.07, 6.45) is 1.61. The highest BCUT2D eigenvalue weighted by Gasteiger charge is 2.31. The Labute approximate surface area is 163 Å². The molecule has 0 fully saturated rings. The van der Waals surface area contributed by atoms with Gasteiger partial charge in [-0.15, -0.1) is 10.2 Å². The summed E-state index contributed by atoms with van der Waals surface area (Å²) in [7, 11) is 3.75. The third-order valence-electron chi connectivity index (χ3n) is 4.94. The molecule has 1 aliphatic heterocycles. The highest BCUT2D eigenvalue weighted by molar-refractivity contribution is 5.95. The van der Waals surface area contributed by atoms with Crippen molar-refractivity contribution >= 4 is 11.9 Å². The lowest BCUT2D eigenvalue weighted by atomic mass is 10.1. The Morgan fingerprint density at radius 1 is 1.18 bits per heavy atom. The number of rotatable bonds is 3. The van der Waals surface area contributed by atoms with Crippen LogP contribution in [0.2, 0.25) is 0 Å². The number of benzene rings is 1. The molecule has 2 aromatic heterocycles. The normalized spacial score (nSPS) is 16.0. The maximum atomic E-state index is 13.1. The lowest BCUT2D eigenvalue weighted by Gasteiger charge is -2.32. The largest absolute Gasteiger partial charge is 0.347 e. The first-order valence-electron chi connectivity index (χ1n) is 9.25. The number of anilines is 1. The average Bonchev–Trinajstić information content (AvgIpc) is 3.12. The maximum absolute atomic E-state index is 13.1. The Morgan fingerprint density at radius 3 is 2.61 bits per heavy atom. The van der Waals surface area contributed by atoms with Gasteiger partial charge >= 0.3 is 0 Å². The molecule has 0 bridgehead atoms. The van der Waals surface area contributed by atoms with Crippen molar-refractivity contribution in [3.8, 4) is 11.4 Å². The van der Waals surface area contributed by atoms with E-state index in [-0.39, 0.29) is 11.9 Å². The van der Waals surface area contributed by atoms with Crippen LogP contribution in [0.1, 0.15) is 34.8 Å². The Morgan fingerprint density at radius 2 is 1.93 bits per heavy atom. The fourth-order valence-corrected chi connectivity index (χ4v) is 3.52. The van der Waals surface area contributed by atoms with Gasteiger partial charge in [-0.05, 0) is 13.8 Å². The summed E-state index contributed by atoms with van der Waals surface area (Å²) in [6, 6.07) is 10.1. The number of fused-ring (bicyclic) bond motifs is 1. The molecule has 0 saturated carbocycles. The van der Waals surface area contributed by atoms with E-state index in [1.54, 1.807) is 11.1 Å². The van der Waals surface area contributed by atoms with Crippen molar-refractivity contribution in [2.75, 3.05) is 25.5 Å². The van der Waals surface area contributed by atoms with Crippen LogP contribution in [0.15, 0.2) is 36.5 Å². The Kier molecular flexibility index (Phi) is 4.54. The first kappa shape index (κ1) is 18.1. The van der Waals surface area contributed by atoms with E-state index >= 15 is 0 Å². The van der Waals surface area contributed by atoms with E-state index < -0.39 is 0 Å². The fourth-order valence-electron chi connectivity index (χ4n) is 3.52. The van der Waals surface area contributed by atoms with Gasteiger partial charge < -0.3 is 14.4 Å². The smallest absolute Gasteiger partial charge is 0.257 e. The first-order chi connectivity index (χ1) is 13.5. The van der Waals surface area contributed by atoms with Gasteiger partial charge in [0.05, 0.1) is 23.8 Å². The summed E-state index contributed by atoms with van der Waals surface area (Å²) in [5, 5.41) is 8.73. The van der Waals surface area contributed by atoms with E-state index in [1.807, 2.05) is 56.3 Å². The van der Waals surface area contributed by atoms with Gasteiger partial charge in [0.25, 0.3) is 5.91 Å². The molecule has 8 nitrogen and oxygen atoms in total. The topological polar surface area (TPSA) is 80.0 Å². The van der Waals surface area contributed by atoms with Crippen molar-refractivity contribution in [2.45, 2.75) is 26.4 Å². The molecule has 0 unspecified atom stereocenters. The van der Waals surface area contributed by atoms with E-state index in [2.05, 4.69) is 31.7 Å². The minimum absolute atomic E-state index is 0.0696. The molecular weight excluding hydrogens is 354 g/mol. The third kappa shape index (κ3) is 3.11. The standard InChI is InChI=1S/C20H23N7O/c1-13-11-26(19(28)16-10-21-20(25(3)4)22-14(16)2)12-17-23-24-18(27(13)17)15-8-6-5-7-9-15/h5-10,13H,11-12H2,1-4H3/t13-/m0/s1. The molecule has 1 amide bonds. The number of carbonyl (C=O) groups excluding carboxylic acids is 1. The SMILES string of the molecule is Cc1nc(N(C)C)ncc1C(=O)N1Cc2nnc(-c3ccccc3)n2[C@@H](C)C1. The van der Waals surface area contributed by atoms with Gasteiger partial charge in [-0.1, -0.05) is 30.3 Å². The lowest BCUT2D eigenvalue weighted by molar-refractivity contribution is 0.0680. The van der Waals surface area contributed by atoms with Gasteiger partial charge in [0, 0.05) is 32.4 Å². The second-order valence-electron chi connectivity index (χ2n) is 7.27. The van der Waals surface area contributed by atoms with Gasteiger partial charge in [-0.2, -0.15) is 0 Å². The third-order valence-corrected chi connectivity index (χ3v) is 4.94. The Balaban J connectivity index is 1.62. The molecule has 0 spiro atoms. The minimum Gasteiger partial charge on any atom is -0.347 e. The second kappa shape index (κ2) is 7.03. The zero-order valence-electron chi connectivity index (χ0n) is 16.5. The van der Waals surface area contributed by atoms with Crippen LogP contribution in [0.3, 0.4) is 0 Å². The van der Waals surface area contributed by atoms with Crippen LogP contribution in [-0.4, -0.2) is 56.2 Å². The van der Waals surface area contributed by atoms with E-state index in [1.165, 1.54) is 0 Å². The molecule has 28 heavy (non-hydrogen) atoms. The zero-order valence-corrected chi connectivity index (χ0v) is 16.5. The van der Waals surface area contributed by atoms with Crippen molar-refractivity contribution in [1.82, 2.24) is 29.6 Å². The number of aromatic nitrogens is 5. The summed E-state index contributed by atoms with van der Waals surface area (Å²) in [5.41, 5.74) is 2.22. The summed E-state index contributed by atoms with van der Waals surface area (Å²) >= 11 is 0. The number of hydrogen-bond acceptors (Lipinski definition) is 6. The number of hydrogen-bond donors (Lipinski definition) is 0. The van der Waals surface area contributed by atoms with Crippen LogP contribution < -0.4 is 4.90 Å². The second-order valence-corrected chi connectivity index (χ2v) is 7.27. The summed E-state index contributed by atoms with van der Waals surface area (Å²) < 4.78 is 2.12. The number of aryl methyl sites for hydroxylation is 1. The zero-order chi connectivity index (χ0) is 19.8. The molecular formula is C20H23N7O. The highest BCUT2D eigenvalue weighted by Crippen LogP contribution is 2.28. The van der Waals surface area contributed by atoms with Crippen LogP contribution in [0.25, 0.3) is 11.4 Å². The molecule has 0 N–H and O–H groups in total. The van der Waals surface area contributed by atoms with Gasteiger partial charge in [0.2, 0.25) is 5.95 Å². The van der Waals surface area contributed by atoms with Gasteiger partial charge in [0.1, 0.15) is 0 Å². The molecule has 144 valence electrons. The molecule has 3 heterocycles. The van der Waals surface area contributed by atoms with Crippen molar-refractivity contribution in [3.63, 3.8) is 0 Å². The predicted molar refractivity (Wildman–Crippen MR) is 106 cm³/mol. The molecule has 0 radical (unpaired) electrons. The Hall–Kier alpha value is -3.29. The molecule has 8 heteroatoms. The van der Waals surface area contributed by atoms with Crippen LogP contribution in [-0.2, 0) is 6.54 Å².